The third kappa shape index (κ3) is 8.37. The Kier molecular flexibility index (Phi) is 12.5. The maximum atomic E-state index is 5.58. The van der Waals surface area contributed by atoms with Gasteiger partial charge in [0.15, 0.2) is 0 Å². The number of alkyl halides is 1. The Morgan fingerprint density at radius 3 is 1.72 bits per heavy atom. The van der Waals surface area contributed by atoms with Crippen LogP contribution in [-0.4, -0.2) is 28.7 Å². The highest BCUT2D eigenvalue weighted by molar-refractivity contribution is 14.1. The predicted molar refractivity (Wildman–Crippen MR) is 90.9 cm³/mol. The molecule has 0 aromatic carbocycles. The molecular formula is C16H31IN+. The summed E-state index contributed by atoms with van der Waals surface area (Å²) >= 11 is 2.52. The average molecular weight is 364 g/mol. The highest BCUT2D eigenvalue weighted by Gasteiger charge is 2.23. The molecule has 0 N–H and O–H groups in total. The quantitative estimate of drug-likeness (QED) is 0.114. The van der Waals surface area contributed by atoms with E-state index in [2.05, 4.69) is 42.4 Å². The minimum absolute atomic E-state index is 0.918. The molecule has 0 rings (SSSR count). The van der Waals surface area contributed by atoms with Gasteiger partial charge in [-0.1, -0.05) is 39.5 Å². The number of unbranched alkanes of at least 4 members (excludes halogenated alkanes) is 6. The normalized spacial score (nSPS) is 11.4. The summed E-state index contributed by atoms with van der Waals surface area (Å²) in [6, 6.07) is 0. The summed E-state index contributed by atoms with van der Waals surface area (Å²) in [5.41, 5.74) is 0. The van der Waals surface area contributed by atoms with Crippen LogP contribution in [0.2, 0.25) is 0 Å². The number of halogens is 1. The molecular weight excluding hydrogens is 333 g/mol. The standard InChI is InChI=1S/C16H31IN/c1-4-7-9-11-14-18(16-17,13-6-3)15-12-10-8-5-2/h3H,4-5,7-16H2,1-2H3/q+1. The summed E-state index contributed by atoms with van der Waals surface area (Å²) in [7, 11) is 0. The van der Waals surface area contributed by atoms with Crippen molar-refractivity contribution in [3.8, 4) is 12.3 Å². The second-order valence-electron chi connectivity index (χ2n) is 5.39. The predicted octanol–water partition coefficient (Wildman–Crippen LogP) is 4.99. The summed E-state index contributed by atoms with van der Waals surface area (Å²) in [4.78, 5) is 0. The molecule has 0 amide bonds. The lowest BCUT2D eigenvalue weighted by Crippen LogP contribution is -2.48. The number of terminal acetylenes is 1. The van der Waals surface area contributed by atoms with Crippen LogP contribution in [0.25, 0.3) is 0 Å². The van der Waals surface area contributed by atoms with E-state index in [1.165, 1.54) is 69.0 Å². The van der Waals surface area contributed by atoms with E-state index in [4.69, 9.17) is 6.42 Å². The average Bonchev–Trinajstić information content (AvgIpc) is 2.39. The molecule has 0 bridgehead atoms. The van der Waals surface area contributed by atoms with E-state index in [0.717, 1.165) is 11.0 Å². The molecule has 2 heteroatoms. The third-order valence-electron chi connectivity index (χ3n) is 3.65. The molecule has 0 atom stereocenters. The van der Waals surface area contributed by atoms with Gasteiger partial charge in [-0.25, -0.2) is 0 Å². The summed E-state index contributed by atoms with van der Waals surface area (Å²) < 4.78 is 2.31. The topological polar surface area (TPSA) is 0 Å². The fourth-order valence-electron chi connectivity index (χ4n) is 2.37. The first-order valence-electron chi connectivity index (χ1n) is 7.59. The van der Waals surface area contributed by atoms with Gasteiger partial charge in [-0.3, -0.25) is 0 Å². The highest BCUT2D eigenvalue weighted by Crippen LogP contribution is 2.16. The Hall–Kier alpha value is 0.250. The molecule has 0 radical (unpaired) electrons. The van der Waals surface area contributed by atoms with Crippen molar-refractivity contribution in [2.24, 2.45) is 0 Å². The van der Waals surface area contributed by atoms with Gasteiger partial charge in [0.2, 0.25) is 0 Å². The van der Waals surface area contributed by atoms with Crippen molar-refractivity contribution in [1.29, 1.82) is 0 Å². The summed E-state index contributed by atoms with van der Waals surface area (Å²) in [5, 5.41) is 0. The third-order valence-corrected chi connectivity index (χ3v) is 5.10. The van der Waals surface area contributed by atoms with Crippen molar-refractivity contribution in [2.45, 2.75) is 65.2 Å². The molecule has 0 unspecified atom stereocenters. The van der Waals surface area contributed by atoms with Crippen LogP contribution in [0.1, 0.15) is 65.2 Å². The first-order chi connectivity index (χ1) is 8.74. The van der Waals surface area contributed by atoms with E-state index in [0.29, 0.717) is 0 Å². The minimum atomic E-state index is 0.918. The molecule has 1 nitrogen and oxygen atoms in total. The maximum absolute atomic E-state index is 5.58. The fraction of sp³-hybridized carbons (Fsp3) is 0.875. The van der Waals surface area contributed by atoms with Crippen molar-refractivity contribution in [3.63, 3.8) is 0 Å². The zero-order valence-corrected chi connectivity index (χ0v) is 14.5. The van der Waals surface area contributed by atoms with E-state index >= 15 is 0 Å². The van der Waals surface area contributed by atoms with Gasteiger partial charge in [-0.15, -0.1) is 6.42 Å². The van der Waals surface area contributed by atoms with Crippen LogP contribution in [0, 0.1) is 12.3 Å². The zero-order valence-electron chi connectivity index (χ0n) is 12.4. The molecule has 0 aliphatic heterocycles. The Bertz CT molecular complexity index is 208. The number of hydrogen-bond donors (Lipinski definition) is 0. The molecule has 0 fully saturated rings. The summed E-state index contributed by atoms with van der Waals surface area (Å²) in [5.74, 6) is 2.91. The van der Waals surface area contributed by atoms with Gasteiger partial charge in [0.05, 0.1) is 13.1 Å². The molecule has 0 saturated carbocycles. The van der Waals surface area contributed by atoms with E-state index in [1.54, 1.807) is 0 Å². The molecule has 0 saturated heterocycles. The van der Waals surface area contributed by atoms with Gasteiger partial charge >= 0.3 is 0 Å². The molecule has 0 aromatic rings. The monoisotopic (exact) mass is 364 g/mol. The van der Waals surface area contributed by atoms with Gasteiger partial charge in [0.25, 0.3) is 0 Å². The number of nitrogens with zero attached hydrogens (tertiary/aromatic N) is 1. The lowest BCUT2D eigenvalue weighted by Gasteiger charge is -2.35. The second kappa shape index (κ2) is 12.3. The van der Waals surface area contributed by atoms with Crippen molar-refractivity contribution < 1.29 is 4.48 Å². The maximum Gasteiger partial charge on any atom is 0.141 e. The van der Waals surface area contributed by atoms with Crippen molar-refractivity contribution in [2.75, 3.05) is 24.2 Å². The molecule has 18 heavy (non-hydrogen) atoms. The van der Waals surface area contributed by atoms with E-state index < -0.39 is 0 Å². The van der Waals surface area contributed by atoms with Gasteiger partial charge in [-0.2, -0.15) is 0 Å². The molecule has 0 aliphatic carbocycles. The van der Waals surface area contributed by atoms with Crippen LogP contribution in [0.3, 0.4) is 0 Å². The van der Waals surface area contributed by atoms with Crippen LogP contribution in [0.15, 0.2) is 0 Å². The Morgan fingerprint density at radius 1 is 0.889 bits per heavy atom. The van der Waals surface area contributed by atoms with Crippen LogP contribution in [0.4, 0.5) is 0 Å². The van der Waals surface area contributed by atoms with Crippen LogP contribution in [-0.2, 0) is 0 Å². The molecule has 0 spiro atoms. The van der Waals surface area contributed by atoms with E-state index in [-0.39, 0.29) is 0 Å². The zero-order chi connectivity index (χ0) is 13.7. The van der Waals surface area contributed by atoms with Crippen LogP contribution in [0.5, 0.6) is 0 Å². The number of hydrogen-bond acceptors (Lipinski definition) is 0. The SMILES string of the molecule is C#CC[N+](CI)(CCCCCC)CCCCCC. The Labute approximate surface area is 128 Å². The van der Waals surface area contributed by atoms with Crippen LogP contribution >= 0.6 is 22.6 Å². The highest BCUT2D eigenvalue weighted by atomic mass is 127. The first-order valence-corrected chi connectivity index (χ1v) is 9.11. The van der Waals surface area contributed by atoms with Gasteiger partial charge in [-0.05, 0) is 54.2 Å². The number of rotatable bonds is 12. The molecule has 0 heterocycles. The Morgan fingerprint density at radius 2 is 1.39 bits per heavy atom. The van der Waals surface area contributed by atoms with Crippen molar-refractivity contribution in [3.05, 3.63) is 0 Å². The van der Waals surface area contributed by atoms with Gasteiger partial charge in [0.1, 0.15) is 11.1 Å². The minimum Gasteiger partial charge on any atom is -0.305 e. The smallest absolute Gasteiger partial charge is 0.141 e. The first kappa shape index (κ1) is 18.2. The summed E-state index contributed by atoms with van der Waals surface area (Å²) in [6.07, 6.45) is 16.4. The summed E-state index contributed by atoms with van der Waals surface area (Å²) in [6.45, 7) is 8.01. The van der Waals surface area contributed by atoms with E-state index in [9.17, 15) is 0 Å². The van der Waals surface area contributed by atoms with Gasteiger partial charge in [0, 0.05) is 0 Å². The van der Waals surface area contributed by atoms with Crippen molar-refractivity contribution in [1.82, 2.24) is 0 Å². The Balaban J connectivity index is 4.10. The van der Waals surface area contributed by atoms with Crippen LogP contribution < -0.4 is 0 Å². The van der Waals surface area contributed by atoms with E-state index in [1.807, 2.05) is 0 Å². The van der Waals surface area contributed by atoms with Crippen molar-refractivity contribution >= 4 is 22.6 Å². The number of quaternary nitrogens is 1. The molecule has 106 valence electrons. The molecule has 0 aromatic heterocycles. The lowest BCUT2D eigenvalue weighted by molar-refractivity contribution is -0.906. The largest absolute Gasteiger partial charge is 0.305 e. The second-order valence-corrected chi connectivity index (χ2v) is 6.07. The fourth-order valence-corrected chi connectivity index (χ4v) is 3.30. The lowest BCUT2D eigenvalue weighted by atomic mass is 10.1. The van der Waals surface area contributed by atoms with Gasteiger partial charge < -0.3 is 4.48 Å². The molecule has 0 aliphatic rings.